The van der Waals surface area contributed by atoms with Crippen molar-refractivity contribution >= 4 is 0 Å². The van der Waals surface area contributed by atoms with Gasteiger partial charge in [0, 0.05) is 5.56 Å². The molecule has 0 atom stereocenters. The number of phenolic OH excluding ortho intramolecular Hbond substituents is 2. The molecule has 76 valence electrons. The van der Waals surface area contributed by atoms with Crippen LogP contribution >= 0.6 is 0 Å². The Morgan fingerprint density at radius 3 is 2.36 bits per heavy atom. The second-order valence-electron chi connectivity index (χ2n) is 2.81. The molecule has 0 saturated carbocycles. The van der Waals surface area contributed by atoms with Gasteiger partial charge in [-0.3, -0.25) is 0 Å². The predicted octanol–water partition coefficient (Wildman–Crippen LogP) is 0.00160. The second kappa shape index (κ2) is 3.60. The first-order valence-corrected chi connectivity index (χ1v) is 3.73. The summed E-state index contributed by atoms with van der Waals surface area (Å²) in [6.45, 7) is -0.753. The van der Waals surface area contributed by atoms with Crippen LogP contribution in [0.25, 0.3) is 0 Å². The number of aromatic hydroxyl groups is 2. The Hall–Kier alpha value is -1.66. The maximum atomic E-state index is 9.86. The minimum absolute atomic E-state index is 0.118. The van der Waals surface area contributed by atoms with Gasteiger partial charge in [-0.15, -0.1) is 0 Å². The molecule has 4 N–H and O–H groups in total. The van der Waals surface area contributed by atoms with Crippen molar-refractivity contribution in [3.05, 3.63) is 28.7 Å². The van der Waals surface area contributed by atoms with Crippen LogP contribution in [0.2, 0.25) is 0 Å². The first kappa shape index (κ1) is 10.4. The highest BCUT2D eigenvalue weighted by atomic mass is 16.5. The molecule has 1 aromatic carbocycles. The van der Waals surface area contributed by atoms with Crippen LogP contribution in [-0.2, 0) is 5.79 Å². The van der Waals surface area contributed by atoms with E-state index in [-0.39, 0.29) is 11.3 Å². The molecule has 0 aliphatic heterocycles. The largest absolute Gasteiger partial charge is 0.504 e. The summed E-state index contributed by atoms with van der Waals surface area (Å²) in [6, 6.07) is 3.19. The van der Waals surface area contributed by atoms with Gasteiger partial charge in [0.1, 0.15) is 6.54 Å². The second-order valence-corrected chi connectivity index (χ2v) is 2.81. The van der Waals surface area contributed by atoms with Crippen LogP contribution in [0.15, 0.2) is 23.4 Å². The molecule has 6 heteroatoms. The molecule has 0 saturated heterocycles. The highest BCUT2D eigenvalue weighted by Gasteiger charge is 2.27. The van der Waals surface area contributed by atoms with Crippen LogP contribution < -0.4 is 0 Å². The van der Waals surface area contributed by atoms with Crippen LogP contribution in [0, 0.1) is 4.91 Å². The maximum Gasteiger partial charge on any atom is 0.213 e. The van der Waals surface area contributed by atoms with Crippen molar-refractivity contribution in [3.63, 3.8) is 0 Å². The fraction of sp³-hybridized carbons (Fsp3) is 0.250. The lowest BCUT2D eigenvalue weighted by Gasteiger charge is -2.18. The van der Waals surface area contributed by atoms with E-state index in [0.717, 1.165) is 12.1 Å². The summed E-state index contributed by atoms with van der Waals surface area (Å²) in [5, 5.41) is 38.9. The van der Waals surface area contributed by atoms with Gasteiger partial charge in [0.25, 0.3) is 0 Å². The molecule has 6 nitrogen and oxygen atoms in total. The molecule has 0 fully saturated rings. The van der Waals surface area contributed by atoms with Gasteiger partial charge in [0.15, 0.2) is 11.5 Å². The number of nitrogens with zero attached hydrogens (tertiary/aromatic N) is 1. The fourth-order valence-corrected chi connectivity index (χ4v) is 0.954. The normalized spacial score (nSPS) is 11.3. The van der Waals surface area contributed by atoms with Crippen molar-refractivity contribution in [2.75, 3.05) is 6.54 Å². The number of benzene rings is 1. The molecular formula is C8H9NO5. The first-order valence-electron chi connectivity index (χ1n) is 3.73. The van der Waals surface area contributed by atoms with E-state index in [2.05, 4.69) is 5.18 Å². The third-order valence-electron chi connectivity index (χ3n) is 1.72. The van der Waals surface area contributed by atoms with Crippen molar-refractivity contribution in [1.29, 1.82) is 0 Å². The topological polar surface area (TPSA) is 110 Å². The van der Waals surface area contributed by atoms with Gasteiger partial charge in [0.2, 0.25) is 5.79 Å². The van der Waals surface area contributed by atoms with Crippen LogP contribution in [0.3, 0.4) is 0 Å². The Balaban J connectivity index is 3.07. The highest BCUT2D eigenvalue weighted by molar-refractivity contribution is 5.41. The number of aliphatic hydroxyl groups is 2. The summed E-state index contributed by atoms with van der Waals surface area (Å²) < 4.78 is 0. The van der Waals surface area contributed by atoms with E-state index < -0.39 is 18.1 Å². The summed E-state index contributed by atoms with van der Waals surface area (Å²) in [5.41, 5.74) is -0.118. The van der Waals surface area contributed by atoms with Crippen molar-refractivity contribution < 1.29 is 20.4 Å². The number of hydrogen-bond acceptors (Lipinski definition) is 6. The Morgan fingerprint density at radius 2 is 1.86 bits per heavy atom. The molecule has 0 amide bonds. The van der Waals surface area contributed by atoms with E-state index in [1.165, 1.54) is 6.07 Å². The summed E-state index contributed by atoms with van der Waals surface area (Å²) in [5.74, 6) is -3.31. The number of phenols is 2. The highest BCUT2D eigenvalue weighted by Crippen LogP contribution is 2.29. The zero-order chi connectivity index (χ0) is 10.8. The number of hydrogen-bond donors (Lipinski definition) is 4. The zero-order valence-corrected chi connectivity index (χ0v) is 7.08. The van der Waals surface area contributed by atoms with Crippen molar-refractivity contribution in [3.8, 4) is 11.5 Å². The number of nitroso groups, excluding NO2 is 1. The van der Waals surface area contributed by atoms with Gasteiger partial charge >= 0.3 is 0 Å². The minimum Gasteiger partial charge on any atom is -0.504 e. The van der Waals surface area contributed by atoms with E-state index in [9.17, 15) is 15.1 Å². The van der Waals surface area contributed by atoms with E-state index in [0.29, 0.717) is 0 Å². The Bertz CT molecular complexity index is 350. The van der Waals surface area contributed by atoms with Gasteiger partial charge in [0.05, 0.1) is 0 Å². The van der Waals surface area contributed by atoms with E-state index in [1.54, 1.807) is 0 Å². The maximum absolute atomic E-state index is 9.86. The minimum atomic E-state index is -2.42. The van der Waals surface area contributed by atoms with Gasteiger partial charge in [-0.05, 0) is 18.2 Å². The van der Waals surface area contributed by atoms with Gasteiger partial charge in [-0.1, -0.05) is 5.18 Å². The fourth-order valence-electron chi connectivity index (χ4n) is 0.954. The van der Waals surface area contributed by atoms with Crippen molar-refractivity contribution in [2.24, 2.45) is 5.18 Å². The lowest BCUT2D eigenvalue weighted by molar-refractivity contribution is -0.160. The molecular weight excluding hydrogens is 190 g/mol. The molecule has 0 unspecified atom stereocenters. The van der Waals surface area contributed by atoms with Gasteiger partial charge in [-0.2, -0.15) is 4.91 Å². The lowest BCUT2D eigenvalue weighted by atomic mass is 10.1. The Labute approximate surface area is 79.0 Å². The summed E-state index contributed by atoms with van der Waals surface area (Å²) in [6.07, 6.45) is 0. The third kappa shape index (κ3) is 1.98. The van der Waals surface area contributed by atoms with E-state index in [1.807, 2.05) is 0 Å². The van der Waals surface area contributed by atoms with Crippen LogP contribution in [0.4, 0.5) is 0 Å². The van der Waals surface area contributed by atoms with Crippen molar-refractivity contribution in [1.82, 2.24) is 0 Å². The Morgan fingerprint density at radius 1 is 1.21 bits per heavy atom. The third-order valence-corrected chi connectivity index (χ3v) is 1.72. The van der Waals surface area contributed by atoms with Crippen molar-refractivity contribution in [2.45, 2.75) is 5.79 Å². The monoisotopic (exact) mass is 199 g/mol. The zero-order valence-electron chi connectivity index (χ0n) is 7.08. The molecule has 0 heterocycles. The Kier molecular flexibility index (Phi) is 2.68. The molecule has 1 rings (SSSR count). The molecule has 14 heavy (non-hydrogen) atoms. The molecule has 0 aliphatic carbocycles. The predicted molar refractivity (Wildman–Crippen MR) is 46.5 cm³/mol. The van der Waals surface area contributed by atoms with Gasteiger partial charge in [-0.25, -0.2) is 0 Å². The average Bonchev–Trinajstić information content (AvgIpc) is 2.09. The molecule has 1 aromatic rings. The summed E-state index contributed by atoms with van der Waals surface area (Å²) >= 11 is 0. The van der Waals surface area contributed by atoms with Gasteiger partial charge < -0.3 is 20.4 Å². The first-order chi connectivity index (χ1) is 6.47. The summed E-state index contributed by atoms with van der Waals surface area (Å²) in [4.78, 5) is 9.86. The molecule has 0 radical (unpaired) electrons. The van der Waals surface area contributed by atoms with Crippen LogP contribution in [0.1, 0.15) is 5.56 Å². The molecule has 0 spiro atoms. The standard InChI is InChI=1S/C8H9NO5/c10-6-2-1-5(3-7(6)11)8(12,13)4-9-14/h1-3,10-13H,4H2. The smallest absolute Gasteiger partial charge is 0.213 e. The molecule has 0 aromatic heterocycles. The van der Waals surface area contributed by atoms with E-state index in [4.69, 9.17) is 10.2 Å². The lowest BCUT2D eigenvalue weighted by Crippen LogP contribution is -2.28. The average molecular weight is 199 g/mol. The number of rotatable bonds is 3. The molecule has 0 bridgehead atoms. The summed E-state index contributed by atoms with van der Waals surface area (Å²) in [7, 11) is 0. The van der Waals surface area contributed by atoms with Crippen LogP contribution in [-0.4, -0.2) is 27.0 Å². The van der Waals surface area contributed by atoms with E-state index >= 15 is 0 Å². The van der Waals surface area contributed by atoms with Crippen LogP contribution in [0.5, 0.6) is 11.5 Å². The quantitative estimate of drug-likeness (QED) is 0.311. The SMILES string of the molecule is O=NCC(O)(O)c1ccc(O)c(O)c1. The molecule has 0 aliphatic rings.